The molecule has 0 radical (unpaired) electrons. The van der Waals surface area contributed by atoms with E-state index in [0.717, 1.165) is 22.1 Å². The molecular formula is C22H17N7O9. The number of aromatic hydroxyl groups is 1. The highest BCUT2D eigenvalue weighted by molar-refractivity contribution is 5.75. The number of nitrogens with zero attached hydrogens (tertiary/aromatic N) is 5. The summed E-state index contributed by atoms with van der Waals surface area (Å²) in [6.45, 7) is 0. The number of rotatable bonds is 6. The number of benzene rings is 3. The zero-order valence-electron chi connectivity index (χ0n) is 19.0. The van der Waals surface area contributed by atoms with Gasteiger partial charge in [0.2, 0.25) is 0 Å². The minimum atomic E-state index is -1.21. The van der Waals surface area contributed by atoms with Crippen LogP contribution in [0.15, 0.2) is 60.7 Å². The van der Waals surface area contributed by atoms with Crippen LogP contribution in [0.5, 0.6) is 5.75 Å². The summed E-state index contributed by atoms with van der Waals surface area (Å²) in [6, 6.07) is 15.8. The summed E-state index contributed by atoms with van der Waals surface area (Å²) in [5, 5.41) is 60.9. The highest BCUT2D eigenvalue weighted by atomic mass is 16.6. The molecule has 16 heteroatoms. The number of H-pyrrole nitrogens is 2. The van der Waals surface area contributed by atoms with E-state index in [1.807, 2.05) is 48.5 Å². The molecule has 0 amide bonds. The average molecular weight is 523 g/mol. The summed E-state index contributed by atoms with van der Waals surface area (Å²) in [5.41, 5.74) is 0.112. The third kappa shape index (κ3) is 5.06. The van der Waals surface area contributed by atoms with Gasteiger partial charge in [-0.05, 0) is 24.3 Å². The van der Waals surface area contributed by atoms with Crippen LogP contribution in [0.3, 0.4) is 0 Å². The third-order valence-electron chi connectivity index (χ3n) is 5.33. The number of hydrogen-bond donors (Lipinski definition) is 5. The summed E-state index contributed by atoms with van der Waals surface area (Å²) in [7, 11) is 0. The normalized spacial score (nSPS) is 12.5. The minimum Gasteiger partial charge on any atom is -0.497 e. The summed E-state index contributed by atoms with van der Waals surface area (Å²) < 4.78 is 0. The highest BCUT2D eigenvalue weighted by Gasteiger charge is 2.30. The summed E-state index contributed by atoms with van der Waals surface area (Å²) in [4.78, 5) is 42.4. The predicted molar refractivity (Wildman–Crippen MR) is 130 cm³/mol. The van der Waals surface area contributed by atoms with E-state index in [1.165, 1.54) is 0 Å². The SMILES string of the molecule is O=[N+]([O-])c1cc([N+](=O)[O-])c(O)c([N+](=O)[O-])c1.OC(c1nc2ccccc2[nH]1)C(O)c1nc2ccccc2[nH]1. The number of aliphatic hydroxyl groups excluding tert-OH is 2. The molecule has 0 bridgehead atoms. The van der Waals surface area contributed by atoms with Crippen molar-refractivity contribution in [3.05, 3.63) is 103 Å². The second-order valence-corrected chi connectivity index (χ2v) is 7.77. The van der Waals surface area contributed by atoms with E-state index in [0.29, 0.717) is 23.8 Å². The van der Waals surface area contributed by atoms with Crippen LogP contribution in [0, 0.1) is 30.3 Å². The van der Waals surface area contributed by atoms with Crippen molar-refractivity contribution in [1.82, 2.24) is 19.9 Å². The molecule has 0 spiro atoms. The standard InChI is InChI=1S/C16H14N4O2.C6H3N3O7/c21-13(15-17-9-5-1-2-6-10(9)18-15)14(22)16-19-11-7-3-4-8-12(11)20-16;10-6-4(8(13)14)1-3(7(11)12)2-5(6)9(15)16/h1-8,13-14,21-22H,(H,17,18)(H,19,20);1-2,10H. The Labute approximate surface area is 210 Å². The lowest BCUT2D eigenvalue weighted by Crippen LogP contribution is -2.13. The molecule has 194 valence electrons. The van der Waals surface area contributed by atoms with Gasteiger partial charge in [-0.3, -0.25) is 30.3 Å². The number of para-hydroxylation sites is 4. The van der Waals surface area contributed by atoms with Crippen LogP contribution in [0.4, 0.5) is 17.1 Å². The molecule has 5 rings (SSSR count). The third-order valence-corrected chi connectivity index (χ3v) is 5.33. The largest absolute Gasteiger partial charge is 0.497 e. The monoisotopic (exact) mass is 523 g/mol. The number of nitrogens with one attached hydrogen (secondary N) is 2. The zero-order chi connectivity index (χ0) is 27.6. The van der Waals surface area contributed by atoms with Gasteiger partial charge in [0.05, 0.1) is 49.0 Å². The van der Waals surface area contributed by atoms with Crippen molar-refractivity contribution >= 4 is 39.1 Å². The number of aromatic nitrogens is 4. The number of non-ortho nitro benzene ring substituents is 1. The number of nitro groups is 3. The van der Waals surface area contributed by atoms with E-state index < -0.39 is 49.8 Å². The number of phenols is 1. The topological polar surface area (TPSA) is 247 Å². The molecule has 2 heterocycles. The first-order valence-corrected chi connectivity index (χ1v) is 10.6. The zero-order valence-corrected chi connectivity index (χ0v) is 19.0. The number of fused-ring (bicyclic) bond motifs is 2. The fourth-order valence-electron chi connectivity index (χ4n) is 3.50. The molecule has 5 N–H and O–H groups in total. The molecule has 0 aliphatic heterocycles. The molecule has 0 aliphatic carbocycles. The van der Waals surface area contributed by atoms with Gasteiger partial charge >= 0.3 is 11.4 Å². The molecule has 0 saturated heterocycles. The molecule has 0 aliphatic rings. The maximum Gasteiger partial charge on any atom is 0.324 e. The first kappa shape index (κ1) is 25.6. The molecule has 0 saturated carbocycles. The van der Waals surface area contributed by atoms with Crippen LogP contribution >= 0.6 is 0 Å². The van der Waals surface area contributed by atoms with Crippen molar-refractivity contribution in [3.8, 4) is 5.75 Å². The van der Waals surface area contributed by atoms with Gasteiger partial charge in [0.15, 0.2) is 0 Å². The molecule has 38 heavy (non-hydrogen) atoms. The van der Waals surface area contributed by atoms with Gasteiger partial charge in [0.1, 0.15) is 23.9 Å². The second-order valence-electron chi connectivity index (χ2n) is 7.77. The quantitative estimate of drug-likeness (QED) is 0.159. The van der Waals surface area contributed by atoms with Gasteiger partial charge in [0.25, 0.3) is 11.4 Å². The lowest BCUT2D eigenvalue weighted by molar-refractivity contribution is -0.404. The molecule has 2 atom stereocenters. The Balaban J connectivity index is 0.000000188. The van der Waals surface area contributed by atoms with Crippen LogP contribution in [-0.2, 0) is 0 Å². The fourth-order valence-corrected chi connectivity index (χ4v) is 3.50. The van der Waals surface area contributed by atoms with Crippen LogP contribution < -0.4 is 0 Å². The smallest absolute Gasteiger partial charge is 0.324 e. The lowest BCUT2D eigenvalue weighted by atomic mass is 10.2. The van der Waals surface area contributed by atoms with E-state index >= 15 is 0 Å². The van der Waals surface area contributed by atoms with Crippen molar-refractivity contribution in [2.75, 3.05) is 0 Å². The number of nitro benzene ring substituents is 3. The van der Waals surface area contributed by atoms with Crippen LogP contribution in [0.1, 0.15) is 23.9 Å². The van der Waals surface area contributed by atoms with E-state index in [4.69, 9.17) is 5.11 Å². The van der Waals surface area contributed by atoms with Crippen LogP contribution in [0.2, 0.25) is 0 Å². The van der Waals surface area contributed by atoms with Crippen molar-refractivity contribution in [2.24, 2.45) is 0 Å². The minimum absolute atomic E-state index is 0.314. The number of aliphatic hydroxyl groups is 2. The van der Waals surface area contributed by atoms with E-state index in [2.05, 4.69) is 19.9 Å². The lowest BCUT2D eigenvalue weighted by Gasteiger charge is -2.13. The summed E-state index contributed by atoms with van der Waals surface area (Å²) >= 11 is 0. The molecule has 2 aromatic heterocycles. The molecule has 3 aromatic carbocycles. The maximum atomic E-state index is 10.4. The average Bonchev–Trinajstić information content (AvgIpc) is 3.52. The van der Waals surface area contributed by atoms with E-state index in [1.54, 1.807) is 0 Å². The van der Waals surface area contributed by atoms with E-state index in [9.17, 15) is 40.6 Å². The van der Waals surface area contributed by atoms with Gasteiger partial charge in [-0.25, -0.2) is 9.97 Å². The van der Waals surface area contributed by atoms with Crippen molar-refractivity contribution in [1.29, 1.82) is 0 Å². The van der Waals surface area contributed by atoms with Crippen molar-refractivity contribution < 1.29 is 30.1 Å². The Kier molecular flexibility index (Phi) is 6.91. The van der Waals surface area contributed by atoms with Gasteiger partial charge < -0.3 is 25.3 Å². The fraction of sp³-hybridized carbons (Fsp3) is 0.0909. The van der Waals surface area contributed by atoms with E-state index in [-0.39, 0.29) is 0 Å². The number of imidazole rings is 2. The maximum absolute atomic E-state index is 10.4. The van der Waals surface area contributed by atoms with Crippen LogP contribution in [0.25, 0.3) is 22.1 Å². The Morgan fingerprint density at radius 1 is 0.684 bits per heavy atom. The molecule has 2 unspecified atom stereocenters. The van der Waals surface area contributed by atoms with Crippen molar-refractivity contribution in [3.63, 3.8) is 0 Å². The molecular weight excluding hydrogens is 506 g/mol. The Bertz CT molecular complexity index is 1500. The summed E-state index contributed by atoms with van der Waals surface area (Å²) in [6.07, 6.45) is -2.37. The number of hydrogen-bond acceptors (Lipinski definition) is 11. The summed E-state index contributed by atoms with van der Waals surface area (Å²) in [5.74, 6) is -0.580. The Morgan fingerprint density at radius 2 is 1.08 bits per heavy atom. The van der Waals surface area contributed by atoms with Gasteiger partial charge in [-0.15, -0.1) is 0 Å². The number of phenolic OH excluding ortho intramolecular Hbond substituents is 1. The number of aromatic amines is 2. The van der Waals surface area contributed by atoms with Gasteiger partial charge in [-0.1, -0.05) is 24.3 Å². The molecule has 5 aromatic rings. The predicted octanol–water partition coefficient (Wildman–Crippen LogP) is 3.32. The van der Waals surface area contributed by atoms with Crippen molar-refractivity contribution in [2.45, 2.75) is 12.2 Å². The Morgan fingerprint density at radius 3 is 1.42 bits per heavy atom. The second kappa shape index (κ2) is 10.2. The van der Waals surface area contributed by atoms with Crippen LogP contribution in [-0.4, -0.2) is 50.0 Å². The molecule has 16 nitrogen and oxygen atoms in total. The first-order valence-electron chi connectivity index (χ1n) is 10.6. The first-order chi connectivity index (χ1) is 18.1. The van der Waals surface area contributed by atoms with Gasteiger partial charge in [0, 0.05) is 0 Å². The van der Waals surface area contributed by atoms with Gasteiger partial charge in [-0.2, -0.15) is 0 Å². The molecule has 0 fully saturated rings. The highest BCUT2D eigenvalue weighted by Crippen LogP contribution is 2.39. The Hall–Kier alpha value is -5.48.